The van der Waals surface area contributed by atoms with Crippen LogP contribution in [0.1, 0.15) is 43.0 Å². The van der Waals surface area contributed by atoms with E-state index >= 15 is 0 Å². The molecule has 3 heterocycles. The van der Waals surface area contributed by atoms with Crippen molar-refractivity contribution in [1.82, 2.24) is 14.9 Å². The standard InChI is InChI=1S/C26H27N3O/c1-18(19-9-11-22(30-2)12-10-19)29-13-5-8-26(29)21-14-20(15-27-16-21)24-17-28-25-7-4-3-6-23(24)25/h3-4,6-7,9-12,14-18,26,28H,5,8,13H2,1-2H3/t18-,26+/m1/s1. The van der Waals surface area contributed by atoms with E-state index in [1.54, 1.807) is 7.11 Å². The van der Waals surface area contributed by atoms with E-state index in [1.165, 1.54) is 40.5 Å². The summed E-state index contributed by atoms with van der Waals surface area (Å²) < 4.78 is 5.32. The first-order valence-electron chi connectivity index (χ1n) is 10.7. The lowest BCUT2D eigenvalue weighted by atomic mass is 9.99. The lowest BCUT2D eigenvalue weighted by Crippen LogP contribution is -2.26. The van der Waals surface area contributed by atoms with Gasteiger partial charge in [0.05, 0.1) is 7.11 Å². The first-order chi connectivity index (χ1) is 14.7. The number of hydrogen-bond acceptors (Lipinski definition) is 3. The molecule has 0 spiro atoms. The largest absolute Gasteiger partial charge is 0.497 e. The summed E-state index contributed by atoms with van der Waals surface area (Å²) in [6.07, 6.45) is 8.49. The van der Waals surface area contributed by atoms with Gasteiger partial charge < -0.3 is 9.72 Å². The number of likely N-dealkylation sites (tertiary alicyclic amines) is 1. The number of aromatic amines is 1. The van der Waals surface area contributed by atoms with Crippen molar-refractivity contribution >= 4 is 10.9 Å². The van der Waals surface area contributed by atoms with Gasteiger partial charge in [-0.2, -0.15) is 0 Å². The Labute approximate surface area is 177 Å². The summed E-state index contributed by atoms with van der Waals surface area (Å²) in [7, 11) is 1.71. The molecule has 1 fully saturated rings. The van der Waals surface area contributed by atoms with Crippen LogP contribution in [0.3, 0.4) is 0 Å². The number of pyridine rings is 1. The SMILES string of the molecule is COc1ccc([C@@H](C)N2CCC[C@H]2c2cncc(-c3c[nH]c4ccccc34)c2)cc1. The van der Waals surface area contributed by atoms with Crippen molar-refractivity contribution in [2.45, 2.75) is 31.8 Å². The molecule has 4 nitrogen and oxygen atoms in total. The normalized spacial score (nSPS) is 18.0. The van der Waals surface area contributed by atoms with E-state index in [0.717, 1.165) is 17.8 Å². The molecule has 1 aliphatic rings. The van der Waals surface area contributed by atoms with Gasteiger partial charge in [0.2, 0.25) is 0 Å². The molecule has 152 valence electrons. The van der Waals surface area contributed by atoms with E-state index in [0.29, 0.717) is 12.1 Å². The topological polar surface area (TPSA) is 41.1 Å². The van der Waals surface area contributed by atoms with Crippen molar-refractivity contribution in [3.8, 4) is 16.9 Å². The molecule has 4 aromatic rings. The fourth-order valence-corrected chi connectivity index (χ4v) is 4.78. The molecular formula is C26H27N3O. The molecule has 1 aliphatic heterocycles. The Morgan fingerprint density at radius 2 is 1.93 bits per heavy atom. The second kappa shape index (κ2) is 7.96. The summed E-state index contributed by atoms with van der Waals surface area (Å²) in [5.41, 5.74) is 6.18. The number of hydrogen-bond donors (Lipinski definition) is 1. The summed E-state index contributed by atoms with van der Waals surface area (Å²) in [6, 6.07) is 20.0. The summed E-state index contributed by atoms with van der Waals surface area (Å²) >= 11 is 0. The van der Waals surface area contributed by atoms with Gasteiger partial charge in [-0.3, -0.25) is 9.88 Å². The number of benzene rings is 2. The Bertz CT molecular complexity index is 1150. The quantitative estimate of drug-likeness (QED) is 0.440. The van der Waals surface area contributed by atoms with Crippen molar-refractivity contribution in [1.29, 1.82) is 0 Å². The van der Waals surface area contributed by atoms with E-state index in [2.05, 4.69) is 82.6 Å². The van der Waals surface area contributed by atoms with Crippen molar-refractivity contribution in [3.05, 3.63) is 84.3 Å². The number of para-hydroxylation sites is 1. The van der Waals surface area contributed by atoms with Crippen LogP contribution in [0.25, 0.3) is 22.0 Å². The van der Waals surface area contributed by atoms with Crippen LogP contribution in [0, 0.1) is 0 Å². The molecule has 0 unspecified atom stereocenters. The minimum absolute atomic E-state index is 0.347. The molecule has 1 N–H and O–H groups in total. The van der Waals surface area contributed by atoms with Crippen molar-refractivity contribution < 1.29 is 4.74 Å². The van der Waals surface area contributed by atoms with E-state index in [4.69, 9.17) is 4.74 Å². The summed E-state index contributed by atoms with van der Waals surface area (Å²) in [5, 5.41) is 1.24. The third kappa shape index (κ3) is 3.37. The maximum atomic E-state index is 5.32. The van der Waals surface area contributed by atoms with Gasteiger partial charge in [-0.25, -0.2) is 0 Å². The predicted molar refractivity (Wildman–Crippen MR) is 122 cm³/mol. The lowest BCUT2D eigenvalue weighted by molar-refractivity contribution is 0.194. The first kappa shape index (κ1) is 18.9. The zero-order valence-electron chi connectivity index (χ0n) is 17.5. The number of ether oxygens (including phenoxy) is 1. The third-order valence-electron chi connectivity index (χ3n) is 6.43. The molecule has 0 saturated carbocycles. The molecular weight excluding hydrogens is 370 g/mol. The number of nitrogens with one attached hydrogen (secondary N) is 1. The maximum Gasteiger partial charge on any atom is 0.118 e. The monoisotopic (exact) mass is 397 g/mol. The fraction of sp³-hybridized carbons (Fsp3) is 0.269. The number of methoxy groups -OCH3 is 1. The van der Waals surface area contributed by atoms with Crippen LogP contribution in [0.2, 0.25) is 0 Å². The van der Waals surface area contributed by atoms with Crippen molar-refractivity contribution in [2.24, 2.45) is 0 Å². The number of fused-ring (bicyclic) bond motifs is 1. The number of H-pyrrole nitrogens is 1. The van der Waals surface area contributed by atoms with Crippen LogP contribution >= 0.6 is 0 Å². The molecule has 2 aromatic carbocycles. The van der Waals surface area contributed by atoms with Gasteiger partial charge in [0.15, 0.2) is 0 Å². The predicted octanol–water partition coefficient (Wildman–Crippen LogP) is 6.14. The maximum absolute atomic E-state index is 5.32. The second-order valence-corrected chi connectivity index (χ2v) is 8.10. The highest BCUT2D eigenvalue weighted by Gasteiger charge is 2.30. The Hall–Kier alpha value is -3.11. The molecule has 0 amide bonds. The van der Waals surface area contributed by atoms with Gasteiger partial charge in [0.25, 0.3) is 0 Å². The van der Waals surface area contributed by atoms with E-state index in [1.807, 2.05) is 12.4 Å². The molecule has 30 heavy (non-hydrogen) atoms. The van der Waals surface area contributed by atoms with Gasteiger partial charge in [-0.15, -0.1) is 0 Å². The lowest BCUT2D eigenvalue weighted by Gasteiger charge is -2.31. The number of nitrogens with zero attached hydrogens (tertiary/aromatic N) is 2. The summed E-state index contributed by atoms with van der Waals surface area (Å²) in [4.78, 5) is 10.6. The van der Waals surface area contributed by atoms with Crippen LogP contribution in [0.15, 0.2) is 73.2 Å². The summed E-state index contributed by atoms with van der Waals surface area (Å²) in [6.45, 7) is 3.41. The summed E-state index contributed by atoms with van der Waals surface area (Å²) in [5.74, 6) is 0.902. The highest BCUT2D eigenvalue weighted by molar-refractivity contribution is 5.95. The average molecular weight is 398 g/mol. The van der Waals surface area contributed by atoms with Crippen molar-refractivity contribution in [3.63, 3.8) is 0 Å². The van der Waals surface area contributed by atoms with E-state index in [9.17, 15) is 0 Å². The number of aromatic nitrogens is 2. The minimum atomic E-state index is 0.347. The molecule has 4 heteroatoms. The fourth-order valence-electron chi connectivity index (χ4n) is 4.78. The van der Waals surface area contributed by atoms with Crippen LogP contribution < -0.4 is 4.74 Å². The average Bonchev–Trinajstić information content (AvgIpc) is 3.46. The molecule has 2 aromatic heterocycles. The smallest absolute Gasteiger partial charge is 0.118 e. The Morgan fingerprint density at radius 1 is 1.10 bits per heavy atom. The molecule has 0 radical (unpaired) electrons. The van der Waals surface area contributed by atoms with Crippen molar-refractivity contribution in [2.75, 3.05) is 13.7 Å². The van der Waals surface area contributed by atoms with Crippen LogP contribution in [-0.2, 0) is 0 Å². The van der Waals surface area contributed by atoms with Crippen LogP contribution in [-0.4, -0.2) is 28.5 Å². The van der Waals surface area contributed by atoms with Gasteiger partial charge in [0, 0.05) is 52.7 Å². The molecule has 2 atom stereocenters. The molecule has 0 bridgehead atoms. The van der Waals surface area contributed by atoms with E-state index < -0.39 is 0 Å². The zero-order chi connectivity index (χ0) is 20.5. The number of rotatable bonds is 5. The van der Waals surface area contributed by atoms with E-state index in [-0.39, 0.29) is 0 Å². The Balaban J connectivity index is 1.45. The first-order valence-corrected chi connectivity index (χ1v) is 10.7. The highest BCUT2D eigenvalue weighted by atomic mass is 16.5. The van der Waals surface area contributed by atoms with Gasteiger partial charge in [0.1, 0.15) is 5.75 Å². The molecule has 1 saturated heterocycles. The van der Waals surface area contributed by atoms with Gasteiger partial charge in [-0.1, -0.05) is 30.3 Å². The second-order valence-electron chi connectivity index (χ2n) is 8.10. The van der Waals surface area contributed by atoms with Crippen LogP contribution in [0.4, 0.5) is 0 Å². The third-order valence-corrected chi connectivity index (χ3v) is 6.43. The van der Waals surface area contributed by atoms with Gasteiger partial charge >= 0.3 is 0 Å². The molecule has 5 rings (SSSR count). The molecule has 0 aliphatic carbocycles. The minimum Gasteiger partial charge on any atom is -0.497 e. The zero-order valence-corrected chi connectivity index (χ0v) is 17.5. The van der Waals surface area contributed by atoms with Crippen LogP contribution in [0.5, 0.6) is 5.75 Å². The highest BCUT2D eigenvalue weighted by Crippen LogP contribution is 2.40. The van der Waals surface area contributed by atoms with Gasteiger partial charge in [-0.05, 0) is 61.7 Å². The Morgan fingerprint density at radius 3 is 2.77 bits per heavy atom. The Kier molecular flexibility index (Phi) is 5.01.